The van der Waals surface area contributed by atoms with E-state index in [-0.39, 0.29) is 18.7 Å². The molecule has 15 heavy (non-hydrogen) atoms. The van der Waals surface area contributed by atoms with E-state index in [1.165, 1.54) is 12.8 Å². The van der Waals surface area contributed by atoms with E-state index in [0.717, 1.165) is 31.8 Å². The van der Waals surface area contributed by atoms with Gasteiger partial charge in [0.15, 0.2) is 0 Å². The van der Waals surface area contributed by atoms with Crippen molar-refractivity contribution in [3.05, 3.63) is 0 Å². The fourth-order valence-corrected chi connectivity index (χ4v) is 2.41. The largest absolute Gasteiger partial charge is 0.395 e. The van der Waals surface area contributed by atoms with Crippen molar-refractivity contribution in [1.82, 2.24) is 4.90 Å². The van der Waals surface area contributed by atoms with Gasteiger partial charge in [-0.1, -0.05) is 20.3 Å². The Morgan fingerprint density at radius 2 is 2.00 bits per heavy atom. The Balaban J connectivity index is 2.43. The third kappa shape index (κ3) is 3.74. The molecule has 0 aromatic rings. The highest BCUT2D eigenvalue weighted by Crippen LogP contribution is 2.19. The maximum Gasteiger partial charge on any atom is 0.0601 e. The molecule has 0 amide bonds. The summed E-state index contributed by atoms with van der Waals surface area (Å²) in [5.74, 6) is 0.836. The molecular formula is C12H26N2O. The Labute approximate surface area is 93.6 Å². The van der Waals surface area contributed by atoms with Crippen LogP contribution in [0.3, 0.4) is 0 Å². The van der Waals surface area contributed by atoms with Gasteiger partial charge < -0.3 is 10.8 Å². The van der Waals surface area contributed by atoms with E-state index in [4.69, 9.17) is 5.73 Å². The highest BCUT2D eigenvalue weighted by atomic mass is 16.3. The lowest BCUT2D eigenvalue weighted by Crippen LogP contribution is -2.52. The summed E-state index contributed by atoms with van der Waals surface area (Å²) in [4.78, 5) is 2.38. The first-order chi connectivity index (χ1) is 7.19. The normalized spacial score (nSPS) is 24.0. The molecule has 1 aliphatic heterocycles. The second-order valence-corrected chi connectivity index (χ2v) is 4.92. The van der Waals surface area contributed by atoms with Crippen LogP contribution in [-0.4, -0.2) is 41.8 Å². The Morgan fingerprint density at radius 3 is 2.47 bits per heavy atom. The number of likely N-dealkylation sites (tertiary alicyclic amines) is 1. The SMILES string of the molecule is CCCC(N)C(CO)N1CCC(C)CC1. The molecule has 1 fully saturated rings. The third-order valence-electron chi connectivity index (χ3n) is 3.59. The lowest BCUT2D eigenvalue weighted by atomic mass is 9.95. The molecule has 90 valence electrons. The second kappa shape index (κ2) is 6.46. The van der Waals surface area contributed by atoms with Gasteiger partial charge in [-0.2, -0.15) is 0 Å². The van der Waals surface area contributed by atoms with Crippen molar-refractivity contribution in [3.8, 4) is 0 Å². The van der Waals surface area contributed by atoms with E-state index < -0.39 is 0 Å². The van der Waals surface area contributed by atoms with Gasteiger partial charge in [-0.15, -0.1) is 0 Å². The van der Waals surface area contributed by atoms with Crippen LogP contribution in [0.2, 0.25) is 0 Å². The fraction of sp³-hybridized carbons (Fsp3) is 1.00. The average molecular weight is 214 g/mol. The summed E-state index contributed by atoms with van der Waals surface area (Å²) >= 11 is 0. The Hall–Kier alpha value is -0.120. The summed E-state index contributed by atoms with van der Waals surface area (Å²) in [5, 5.41) is 9.42. The predicted molar refractivity (Wildman–Crippen MR) is 63.7 cm³/mol. The van der Waals surface area contributed by atoms with Crippen LogP contribution in [0.25, 0.3) is 0 Å². The first-order valence-electron chi connectivity index (χ1n) is 6.29. The fourth-order valence-electron chi connectivity index (χ4n) is 2.41. The van der Waals surface area contributed by atoms with E-state index in [9.17, 15) is 5.11 Å². The summed E-state index contributed by atoms with van der Waals surface area (Å²) in [6.07, 6.45) is 4.60. The average Bonchev–Trinajstić information content (AvgIpc) is 2.22. The molecular weight excluding hydrogens is 188 g/mol. The van der Waals surface area contributed by atoms with Crippen LogP contribution in [0.1, 0.15) is 39.5 Å². The molecule has 2 unspecified atom stereocenters. The second-order valence-electron chi connectivity index (χ2n) is 4.92. The van der Waals surface area contributed by atoms with Gasteiger partial charge in [-0.05, 0) is 38.3 Å². The van der Waals surface area contributed by atoms with Gasteiger partial charge in [0.1, 0.15) is 0 Å². The molecule has 0 aliphatic carbocycles. The molecule has 0 spiro atoms. The number of aliphatic hydroxyl groups is 1. The van der Waals surface area contributed by atoms with Crippen molar-refractivity contribution in [3.63, 3.8) is 0 Å². The van der Waals surface area contributed by atoms with E-state index in [1.807, 2.05) is 0 Å². The van der Waals surface area contributed by atoms with Crippen molar-refractivity contribution in [2.24, 2.45) is 11.7 Å². The number of hydrogen-bond acceptors (Lipinski definition) is 3. The maximum atomic E-state index is 9.42. The van der Waals surface area contributed by atoms with Crippen molar-refractivity contribution in [2.45, 2.75) is 51.6 Å². The number of aliphatic hydroxyl groups excluding tert-OH is 1. The smallest absolute Gasteiger partial charge is 0.0601 e. The summed E-state index contributed by atoms with van der Waals surface area (Å²) in [5.41, 5.74) is 6.10. The van der Waals surface area contributed by atoms with Crippen LogP contribution in [0.4, 0.5) is 0 Å². The summed E-state index contributed by atoms with van der Waals surface area (Å²) in [6.45, 7) is 6.85. The molecule has 0 aromatic carbocycles. The van der Waals surface area contributed by atoms with Crippen LogP contribution in [-0.2, 0) is 0 Å². The Kier molecular flexibility index (Phi) is 5.58. The van der Waals surface area contributed by atoms with Crippen LogP contribution >= 0.6 is 0 Å². The van der Waals surface area contributed by atoms with Gasteiger partial charge in [0, 0.05) is 12.1 Å². The van der Waals surface area contributed by atoms with Crippen LogP contribution in [0.15, 0.2) is 0 Å². The standard InChI is InChI=1S/C12H26N2O/c1-3-4-11(13)12(9-15)14-7-5-10(2)6-8-14/h10-12,15H,3-9,13H2,1-2H3. The quantitative estimate of drug-likeness (QED) is 0.723. The maximum absolute atomic E-state index is 9.42. The number of hydrogen-bond donors (Lipinski definition) is 2. The van der Waals surface area contributed by atoms with Crippen molar-refractivity contribution >= 4 is 0 Å². The number of nitrogens with two attached hydrogens (primary N) is 1. The van der Waals surface area contributed by atoms with Gasteiger partial charge in [-0.25, -0.2) is 0 Å². The summed E-state index contributed by atoms with van der Waals surface area (Å²) in [7, 11) is 0. The van der Waals surface area contributed by atoms with Crippen LogP contribution in [0.5, 0.6) is 0 Å². The Bertz CT molecular complexity index is 167. The van der Waals surface area contributed by atoms with E-state index in [0.29, 0.717) is 0 Å². The number of rotatable bonds is 5. The van der Waals surface area contributed by atoms with E-state index >= 15 is 0 Å². The first-order valence-corrected chi connectivity index (χ1v) is 6.29. The van der Waals surface area contributed by atoms with Crippen LogP contribution < -0.4 is 5.73 Å². The molecule has 1 heterocycles. The zero-order chi connectivity index (χ0) is 11.3. The molecule has 1 rings (SSSR count). The molecule has 3 heteroatoms. The lowest BCUT2D eigenvalue weighted by molar-refractivity contribution is 0.0723. The van der Waals surface area contributed by atoms with Crippen molar-refractivity contribution < 1.29 is 5.11 Å². The molecule has 1 saturated heterocycles. The molecule has 3 nitrogen and oxygen atoms in total. The van der Waals surface area contributed by atoms with Gasteiger partial charge >= 0.3 is 0 Å². The third-order valence-corrected chi connectivity index (χ3v) is 3.59. The highest BCUT2D eigenvalue weighted by molar-refractivity contribution is 4.84. The van der Waals surface area contributed by atoms with Crippen molar-refractivity contribution in [1.29, 1.82) is 0 Å². The van der Waals surface area contributed by atoms with E-state index in [2.05, 4.69) is 18.7 Å². The lowest BCUT2D eigenvalue weighted by Gasteiger charge is -2.38. The first kappa shape index (κ1) is 12.9. The molecule has 2 atom stereocenters. The van der Waals surface area contributed by atoms with Gasteiger partial charge in [0.2, 0.25) is 0 Å². The minimum Gasteiger partial charge on any atom is -0.395 e. The minimum atomic E-state index is 0.133. The molecule has 0 aromatic heterocycles. The van der Waals surface area contributed by atoms with Gasteiger partial charge in [0.05, 0.1) is 6.61 Å². The molecule has 1 aliphatic rings. The minimum absolute atomic E-state index is 0.133. The summed E-state index contributed by atoms with van der Waals surface area (Å²) < 4.78 is 0. The molecule has 0 radical (unpaired) electrons. The number of nitrogens with zero attached hydrogens (tertiary/aromatic N) is 1. The zero-order valence-corrected chi connectivity index (χ0v) is 10.2. The van der Waals surface area contributed by atoms with Crippen LogP contribution in [0, 0.1) is 5.92 Å². The Morgan fingerprint density at radius 1 is 1.40 bits per heavy atom. The van der Waals surface area contributed by atoms with E-state index in [1.54, 1.807) is 0 Å². The zero-order valence-electron chi connectivity index (χ0n) is 10.2. The number of piperidine rings is 1. The highest BCUT2D eigenvalue weighted by Gasteiger charge is 2.26. The molecule has 0 bridgehead atoms. The monoisotopic (exact) mass is 214 g/mol. The van der Waals surface area contributed by atoms with Gasteiger partial charge in [-0.3, -0.25) is 4.90 Å². The van der Waals surface area contributed by atoms with Gasteiger partial charge in [0.25, 0.3) is 0 Å². The molecule has 0 saturated carbocycles. The molecule has 3 N–H and O–H groups in total. The summed E-state index contributed by atoms with van der Waals surface area (Å²) in [6, 6.07) is 0.311. The predicted octanol–water partition coefficient (Wildman–Crippen LogP) is 1.21. The topological polar surface area (TPSA) is 49.5 Å². The van der Waals surface area contributed by atoms with Crippen molar-refractivity contribution in [2.75, 3.05) is 19.7 Å².